The summed E-state index contributed by atoms with van der Waals surface area (Å²) in [5.74, 6) is -0.278. The molecule has 0 fully saturated rings. The summed E-state index contributed by atoms with van der Waals surface area (Å²) in [6, 6.07) is 11.7. The topological polar surface area (TPSA) is 75.3 Å². The van der Waals surface area contributed by atoms with Gasteiger partial charge in [-0.3, -0.25) is 4.79 Å². The van der Waals surface area contributed by atoms with Crippen molar-refractivity contribution >= 4 is 33.2 Å². The number of halogens is 1. The maximum Gasteiger partial charge on any atom is 0.226 e. The van der Waals surface area contributed by atoms with Crippen molar-refractivity contribution in [1.82, 2.24) is 4.72 Å². The molecule has 0 radical (unpaired) electrons. The van der Waals surface area contributed by atoms with Gasteiger partial charge >= 0.3 is 0 Å². The van der Waals surface area contributed by atoms with E-state index >= 15 is 0 Å². The molecule has 1 amide bonds. The number of hydrogen-bond acceptors (Lipinski definition) is 3. The van der Waals surface area contributed by atoms with Gasteiger partial charge in [-0.05, 0) is 54.8 Å². The zero-order valence-electron chi connectivity index (χ0n) is 14.3. The van der Waals surface area contributed by atoms with Gasteiger partial charge in [0.25, 0.3) is 0 Å². The van der Waals surface area contributed by atoms with E-state index in [1.54, 1.807) is 24.3 Å². The Morgan fingerprint density at radius 3 is 2.28 bits per heavy atom. The molecule has 0 aromatic heterocycles. The molecule has 2 aromatic rings. The monoisotopic (exact) mass is 380 g/mol. The van der Waals surface area contributed by atoms with Crippen LogP contribution in [-0.2, 0) is 14.8 Å². The lowest BCUT2D eigenvalue weighted by molar-refractivity contribution is -0.116. The summed E-state index contributed by atoms with van der Waals surface area (Å²) in [6.45, 7) is 3.96. The van der Waals surface area contributed by atoms with Crippen molar-refractivity contribution in [3.8, 4) is 0 Å². The second-order valence-electron chi connectivity index (χ2n) is 6.05. The van der Waals surface area contributed by atoms with Crippen LogP contribution >= 0.6 is 11.6 Å². The summed E-state index contributed by atoms with van der Waals surface area (Å²) in [5.41, 5.74) is 3.56. The molecule has 0 heterocycles. The van der Waals surface area contributed by atoms with Crippen molar-refractivity contribution < 1.29 is 13.2 Å². The molecule has 0 aliphatic rings. The van der Waals surface area contributed by atoms with Gasteiger partial charge in [-0.1, -0.05) is 29.8 Å². The van der Waals surface area contributed by atoms with Gasteiger partial charge in [-0.2, -0.15) is 0 Å². The van der Waals surface area contributed by atoms with Gasteiger partial charge in [0.1, 0.15) is 0 Å². The second kappa shape index (κ2) is 7.99. The highest BCUT2D eigenvalue weighted by Gasteiger charge is 2.20. The highest BCUT2D eigenvalue weighted by Crippen LogP contribution is 2.21. The van der Waals surface area contributed by atoms with Gasteiger partial charge in [0, 0.05) is 17.1 Å². The quantitative estimate of drug-likeness (QED) is 0.804. The number of hydrogen-bond donors (Lipinski definition) is 2. The molecule has 0 aliphatic carbocycles. The van der Waals surface area contributed by atoms with Gasteiger partial charge in [0.2, 0.25) is 15.9 Å². The number of carbonyl (C=O) groups excluding carboxylic acids is 1. The molecule has 2 aromatic carbocycles. The first kappa shape index (κ1) is 19.4. The molecule has 0 saturated heterocycles. The summed E-state index contributed by atoms with van der Waals surface area (Å²) in [5, 5.41) is 3.35. The average molecular weight is 381 g/mol. The standard InChI is InChI=1S/C18H21ClN2O3S/c1-12-4-9-16(10-13(12)2)20-18(22)11-17(21-25(3,23)24)14-5-7-15(19)8-6-14/h4-10,17,21H,11H2,1-3H3,(H,20,22)/t17-/m1/s1. The van der Waals surface area contributed by atoms with Crippen molar-refractivity contribution in [2.45, 2.75) is 26.3 Å². The highest BCUT2D eigenvalue weighted by molar-refractivity contribution is 7.88. The van der Waals surface area contributed by atoms with Crippen molar-refractivity contribution in [1.29, 1.82) is 0 Å². The van der Waals surface area contributed by atoms with Gasteiger partial charge in [0.05, 0.1) is 12.3 Å². The number of amides is 1. The Hall–Kier alpha value is -1.89. The van der Waals surface area contributed by atoms with Crippen LogP contribution in [0, 0.1) is 13.8 Å². The lowest BCUT2D eigenvalue weighted by Gasteiger charge is -2.18. The maximum atomic E-state index is 12.4. The predicted octanol–water partition coefficient (Wildman–Crippen LogP) is 3.58. The molecule has 0 aliphatic heterocycles. The van der Waals surface area contributed by atoms with E-state index in [9.17, 15) is 13.2 Å². The number of sulfonamides is 1. The normalized spacial score (nSPS) is 12.6. The number of nitrogens with one attached hydrogen (secondary N) is 2. The Morgan fingerprint density at radius 2 is 1.72 bits per heavy atom. The van der Waals surface area contributed by atoms with Gasteiger partial charge < -0.3 is 5.32 Å². The molecule has 134 valence electrons. The third-order valence-electron chi connectivity index (χ3n) is 3.81. The molecule has 25 heavy (non-hydrogen) atoms. The number of anilines is 1. The van der Waals surface area contributed by atoms with Crippen molar-refractivity contribution in [3.05, 3.63) is 64.2 Å². The van der Waals surface area contributed by atoms with Crippen molar-refractivity contribution in [2.75, 3.05) is 11.6 Å². The average Bonchev–Trinajstić information content (AvgIpc) is 2.49. The minimum Gasteiger partial charge on any atom is -0.326 e. The molecular weight excluding hydrogens is 360 g/mol. The fraction of sp³-hybridized carbons (Fsp3) is 0.278. The van der Waals surface area contributed by atoms with E-state index in [0.29, 0.717) is 16.3 Å². The Morgan fingerprint density at radius 1 is 1.08 bits per heavy atom. The van der Waals surface area contributed by atoms with E-state index in [2.05, 4.69) is 10.0 Å². The number of rotatable bonds is 6. The molecule has 2 rings (SSSR count). The Labute approximate surface area is 153 Å². The van der Waals surface area contributed by atoms with Crippen LogP contribution in [0.15, 0.2) is 42.5 Å². The van der Waals surface area contributed by atoms with E-state index in [1.165, 1.54) is 0 Å². The van der Waals surface area contributed by atoms with Crippen LogP contribution in [0.2, 0.25) is 5.02 Å². The summed E-state index contributed by atoms with van der Waals surface area (Å²) in [4.78, 5) is 12.4. The molecule has 2 N–H and O–H groups in total. The molecule has 0 unspecified atom stereocenters. The molecule has 1 atom stereocenters. The highest BCUT2D eigenvalue weighted by atomic mass is 35.5. The van der Waals surface area contributed by atoms with Crippen LogP contribution in [0.4, 0.5) is 5.69 Å². The predicted molar refractivity (Wildman–Crippen MR) is 101 cm³/mol. The van der Waals surface area contributed by atoms with E-state index < -0.39 is 16.1 Å². The third kappa shape index (κ3) is 6.16. The first-order chi connectivity index (χ1) is 11.6. The maximum absolute atomic E-state index is 12.4. The fourth-order valence-electron chi connectivity index (χ4n) is 2.40. The van der Waals surface area contributed by atoms with Gasteiger partial charge in [-0.15, -0.1) is 0 Å². The number of benzene rings is 2. The van der Waals surface area contributed by atoms with E-state index in [-0.39, 0.29) is 12.3 Å². The molecule has 0 bridgehead atoms. The lowest BCUT2D eigenvalue weighted by atomic mass is 10.0. The Kier molecular flexibility index (Phi) is 6.21. The minimum absolute atomic E-state index is 0.0262. The summed E-state index contributed by atoms with van der Waals surface area (Å²) in [6.07, 6.45) is 1.04. The van der Waals surface area contributed by atoms with Crippen molar-refractivity contribution in [2.24, 2.45) is 0 Å². The third-order valence-corrected chi connectivity index (χ3v) is 4.77. The molecule has 0 saturated carbocycles. The van der Waals surface area contributed by atoms with Crippen LogP contribution in [0.3, 0.4) is 0 Å². The minimum atomic E-state index is -3.48. The molecule has 5 nitrogen and oxygen atoms in total. The fourth-order valence-corrected chi connectivity index (χ4v) is 3.26. The first-order valence-corrected chi connectivity index (χ1v) is 10.0. The SMILES string of the molecule is Cc1ccc(NC(=O)C[C@@H](NS(C)(=O)=O)c2ccc(Cl)cc2)cc1C. The second-order valence-corrected chi connectivity index (χ2v) is 8.26. The van der Waals surface area contributed by atoms with E-state index in [4.69, 9.17) is 11.6 Å². The van der Waals surface area contributed by atoms with E-state index in [0.717, 1.165) is 17.4 Å². The Balaban J connectivity index is 2.16. The van der Waals surface area contributed by atoms with Crippen molar-refractivity contribution in [3.63, 3.8) is 0 Å². The van der Waals surface area contributed by atoms with Crippen LogP contribution in [0.5, 0.6) is 0 Å². The van der Waals surface area contributed by atoms with Crippen LogP contribution in [0.1, 0.15) is 29.2 Å². The van der Waals surface area contributed by atoms with E-state index in [1.807, 2.05) is 32.0 Å². The Bertz CT molecular complexity index is 864. The summed E-state index contributed by atoms with van der Waals surface area (Å²) >= 11 is 5.87. The van der Waals surface area contributed by atoms with Crippen LogP contribution in [-0.4, -0.2) is 20.6 Å². The number of carbonyl (C=O) groups is 1. The first-order valence-electron chi connectivity index (χ1n) is 7.74. The zero-order chi connectivity index (χ0) is 18.6. The van der Waals surface area contributed by atoms with Gasteiger partial charge in [-0.25, -0.2) is 13.1 Å². The van der Waals surface area contributed by atoms with Crippen LogP contribution < -0.4 is 10.0 Å². The largest absolute Gasteiger partial charge is 0.326 e. The van der Waals surface area contributed by atoms with Crippen LogP contribution in [0.25, 0.3) is 0 Å². The summed E-state index contributed by atoms with van der Waals surface area (Å²) in [7, 11) is -3.48. The smallest absolute Gasteiger partial charge is 0.226 e. The molecule has 0 spiro atoms. The molecular formula is C18H21ClN2O3S. The summed E-state index contributed by atoms with van der Waals surface area (Å²) < 4.78 is 25.8. The van der Waals surface area contributed by atoms with Gasteiger partial charge in [0.15, 0.2) is 0 Å². The number of aryl methyl sites for hydroxylation is 2. The molecule has 7 heteroatoms. The lowest BCUT2D eigenvalue weighted by Crippen LogP contribution is -2.30. The zero-order valence-corrected chi connectivity index (χ0v) is 15.9.